The van der Waals surface area contributed by atoms with Crippen LogP contribution in [0.2, 0.25) is 5.02 Å². The number of hydrogen-bond donors (Lipinski definition) is 0. The predicted molar refractivity (Wildman–Crippen MR) is 85.5 cm³/mol. The van der Waals surface area contributed by atoms with Crippen molar-refractivity contribution in [2.24, 2.45) is 0 Å². The normalized spacial score (nSPS) is 10.1. The number of esters is 3. The van der Waals surface area contributed by atoms with E-state index in [1.165, 1.54) is 30.3 Å². The molecule has 0 fully saturated rings. The van der Waals surface area contributed by atoms with Crippen LogP contribution in [0, 0.1) is 5.82 Å². The maximum absolute atomic E-state index is 13.8. The number of benzene rings is 2. The Hall–Kier alpha value is -2.93. The molecule has 2 aromatic rings. The number of rotatable bonds is 4. The molecule has 0 aliphatic rings. The topological polar surface area (TPSA) is 78.9 Å². The van der Waals surface area contributed by atoms with Gasteiger partial charge in [-0.2, -0.15) is 0 Å². The average molecular weight is 367 g/mol. The van der Waals surface area contributed by atoms with Crippen LogP contribution in [0.4, 0.5) is 4.39 Å². The fourth-order valence-electron chi connectivity index (χ4n) is 1.98. The molecule has 0 atom stereocenters. The van der Waals surface area contributed by atoms with Crippen molar-refractivity contribution >= 4 is 29.5 Å². The van der Waals surface area contributed by atoms with E-state index in [0.717, 1.165) is 20.3 Å². The highest BCUT2D eigenvalue weighted by atomic mass is 35.5. The molecule has 2 aromatic carbocycles. The largest absolute Gasteiger partial charge is 0.465 e. The molecule has 130 valence electrons. The first-order valence-electron chi connectivity index (χ1n) is 6.85. The van der Waals surface area contributed by atoms with Gasteiger partial charge < -0.3 is 14.2 Å². The molecule has 0 saturated carbocycles. The van der Waals surface area contributed by atoms with Crippen molar-refractivity contribution in [3.05, 3.63) is 63.9 Å². The second-order valence-electron chi connectivity index (χ2n) is 4.72. The lowest BCUT2D eigenvalue weighted by Crippen LogP contribution is -2.13. The second-order valence-corrected chi connectivity index (χ2v) is 5.12. The summed E-state index contributed by atoms with van der Waals surface area (Å²) in [6.07, 6.45) is 0. The van der Waals surface area contributed by atoms with Gasteiger partial charge in [-0.1, -0.05) is 17.7 Å². The minimum absolute atomic E-state index is 0.0483. The molecule has 0 spiro atoms. The number of hydrogen-bond acceptors (Lipinski definition) is 6. The van der Waals surface area contributed by atoms with E-state index < -0.39 is 29.3 Å². The number of halogens is 2. The van der Waals surface area contributed by atoms with Gasteiger partial charge in [-0.05, 0) is 30.3 Å². The Morgan fingerprint density at radius 1 is 0.920 bits per heavy atom. The third-order valence-electron chi connectivity index (χ3n) is 3.13. The zero-order valence-corrected chi connectivity index (χ0v) is 13.9. The lowest BCUT2D eigenvalue weighted by Gasteiger charge is -2.10. The monoisotopic (exact) mass is 366 g/mol. The Morgan fingerprint density at radius 3 is 1.96 bits per heavy atom. The lowest BCUT2D eigenvalue weighted by atomic mass is 10.1. The quantitative estimate of drug-likeness (QED) is 0.610. The molecule has 0 N–H and O–H groups in total. The van der Waals surface area contributed by atoms with E-state index in [0.29, 0.717) is 0 Å². The smallest absolute Gasteiger partial charge is 0.348 e. The minimum Gasteiger partial charge on any atom is -0.465 e. The summed E-state index contributed by atoms with van der Waals surface area (Å²) in [5.74, 6) is -3.64. The van der Waals surface area contributed by atoms with E-state index in [2.05, 4.69) is 9.47 Å². The molecule has 0 aromatic heterocycles. The summed E-state index contributed by atoms with van der Waals surface area (Å²) in [5.41, 5.74) is -0.562. The molecule has 8 heteroatoms. The fourth-order valence-corrected chi connectivity index (χ4v) is 2.22. The van der Waals surface area contributed by atoms with E-state index >= 15 is 0 Å². The maximum atomic E-state index is 13.8. The van der Waals surface area contributed by atoms with Crippen LogP contribution in [0.25, 0.3) is 0 Å². The summed E-state index contributed by atoms with van der Waals surface area (Å²) in [6.45, 7) is 0. The van der Waals surface area contributed by atoms with Crippen molar-refractivity contribution < 1.29 is 33.0 Å². The van der Waals surface area contributed by atoms with Crippen LogP contribution in [0.5, 0.6) is 5.75 Å². The number of methoxy groups -OCH3 is 2. The van der Waals surface area contributed by atoms with Gasteiger partial charge in [-0.15, -0.1) is 0 Å². The number of carbonyl (C=O) groups excluding carboxylic acids is 3. The van der Waals surface area contributed by atoms with Crippen molar-refractivity contribution in [3.63, 3.8) is 0 Å². The first kappa shape index (κ1) is 18.4. The zero-order chi connectivity index (χ0) is 18.6. The van der Waals surface area contributed by atoms with Crippen molar-refractivity contribution in [1.82, 2.24) is 0 Å². The van der Waals surface area contributed by atoms with Crippen molar-refractivity contribution in [2.45, 2.75) is 0 Å². The fraction of sp³-hybridized carbons (Fsp3) is 0.118. The van der Waals surface area contributed by atoms with Gasteiger partial charge in [0, 0.05) is 0 Å². The van der Waals surface area contributed by atoms with Gasteiger partial charge in [-0.3, -0.25) is 0 Å². The van der Waals surface area contributed by atoms with E-state index in [-0.39, 0.29) is 21.9 Å². The standard InChI is InChI=1S/C17H12ClFO6/c1-23-15(20)9-6-10(16(21)24-2)8-11(7-9)25-17(22)14-12(18)4-3-5-13(14)19/h3-8H,1-2H3. The van der Waals surface area contributed by atoms with Crippen LogP contribution < -0.4 is 4.74 Å². The van der Waals surface area contributed by atoms with Crippen molar-refractivity contribution in [3.8, 4) is 5.75 Å². The van der Waals surface area contributed by atoms with Crippen LogP contribution in [-0.4, -0.2) is 32.1 Å². The molecule has 0 bridgehead atoms. The summed E-state index contributed by atoms with van der Waals surface area (Å²) >= 11 is 5.81. The third kappa shape index (κ3) is 4.13. The molecular formula is C17H12ClFO6. The van der Waals surface area contributed by atoms with Gasteiger partial charge in [-0.25, -0.2) is 18.8 Å². The molecule has 25 heavy (non-hydrogen) atoms. The lowest BCUT2D eigenvalue weighted by molar-refractivity contribution is 0.0593. The summed E-state index contributed by atoms with van der Waals surface area (Å²) in [6, 6.07) is 7.27. The van der Waals surface area contributed by atoms with Crippen LogP contribution in [0.15, 0.2) is 36.4 Å². The average Bonchev–Trinajstić information content (AvgIpc) is 2.59. The van der Waals surface area contributed by atoms with Gasteiger partial charge in [0.1, 0.15) is 17.1 Å². The Morgan fingerprint density at radius 2 is 1.48 bits per heavy atom. The Bertz CT molecular complexity index is 795. The molecule has 0 amide bonds. The minimum atomic E-state index is -1.08. The van der Waals surface area contributed by atoms with E-state index in [1.807, 2.05) is 0 Å². The van der Waals surface area contributed by atoms with Gasteiger partial charge in [0.2, 0.25) is 0 Å². The zero-order valence-electron chi connectivity index (χ0n) is 13.2. The van der Waals surface area contributed by atoms with Crippen molar-refractivity contribution in [2.75, 3.05) is 14.2 Å². The molecule has 2 rings (SSSR count). The van der Waals surface area contributed by atoms with Gasteiger partial charge in [0.15, 0.2) is 0 Å². The molecule has 0 aliphatic heterocycles. The molecule has 0 heterocycles. The second kappa shape index (κ2) is 7.76. The molecule has 0 radical (unpaired) electrons. The van der Waals surface area contributed by atoms with Gasteiger partial charge >= 0.3 is 17.9 Å². The van der Waals surface area contributed by atoms with Crippen LogP contribution in [-0.2, 0) is 9.47 Å². The molecule has 0 aliphatic carbocycles. The molecule has 0 unspecified atom stereocenters. The third-order valence-corrected chi connectivity index (χ3v) is 3.44. The Balaban J connectivity index is 2.42. The highest BCUT2D eigenvalue weighted by Crippen LogP contribution is 2.24. The summed E-state index contributed by atoms with van der Waals surface area (Å²) in [7, 11) is 2.30. The summed E-state index contributed by atoms with van der Waals surface area (Å²) in [4.78, 5) is 35.6. The molecule has 0 saturated heterocycles. The summed E-state index contributed by atoms with van der Waals surface area (Å²) < 4.78 is 28.0. The predicted octanol–water partition coefficient (Wildman–Crippen LogP) is 3.27. The van der Waals surface area contributed by atoms with Gasteiger partial charge in [0.05, 0.1) is 30.4 Å². The van der Waals surface area contributed by atoms with Gasteiger partial charge in [0.25, 0.3) is 0 Å². The van der Waals surface area contributed by atoms with Crippen molar-refractivity contribution in [1.29, 1.82) is 0 Å². The van der Waals surface area contributed by atoms with E-state index in [9.17, 15) is 18.8 Å². The number of ether oxygens (including phenoxy) is 3. The highest BCUT2D eigenvalue weighted by molar-refractivity contribution is 6.33. The first-order chi connectivity index (χ1) is 11.9. The van der Waals surface area contributed by atoms with Crippen LogP contribution >= 0.6 is 11.6 Å². The van der Waals surface area contributed by atoms with Crippen LogP contribution in [0.3, 0.4) is 0 Å². The highest BCUT2D eigenvalue weighted by Gasteiger charge is 2.20. The number of carbonyl (C=O) groups is 3. The SMILES string of the molecule is COC(=O)c1cc(OC(=O)c2c(F)cccc2Cl)cc(C(=O)OC)c1. The summed E-state index contributed by atoms with van der Waals surface area (Å²) in [5, 5.41) is -0.137. The Kier molecular flexibility index (Phi) is 5.71. The molecule has 6 nitrogen and oxygen atoms in total. The van der Waals surface area contributed by atoms with Crippen LogP contribution in [0.1, 0.15) is 31.1 Å². The van der Waals surface area contributed by atoms with E-state index in [4.69, 9.17) is 16.3 Å². The molecular weight excluding hydrogens is 355 g/mol. The first-order valence-corrected chi connectivity index (χ1v) is 7.23. The Labute approximate surface area is 147 Å². The van der Waals surface area contributed by atoms with E-state index in [1.54, 1.807) is 0 Å². The maximum Gasteiger partial charge on any atom is 0.348 e.